The molecule has 0 fully saturated rings. The summed E-state index contributed by atoms with van der Waals surface area (Å²) in [5, 5.41) is 0. The van der Waals surface area contributed by atoms with Gasteiger partial charge in [0.25, 0.3) is 11.5 Å². The Kier molecular flexibility index (Phi) is 3.54. The van der Waals surface area contributed by atoms with Crippen LogP contribution in [0.5, 0.6) is 11.6 Å². The van der Waals surface area contributed by atoms with Crippen LogP contribution in [-0.2, 0) is 11.3 Å². The quantitative estimate of drug-likeness (QED) is 0.832. The first kappa shape index (κ1) is 14.1. The van der Waals surface area contributed by atoms with Crippen molar-refractivity contribution in [3.8, 4) is 11.6 Å². The maximum absolute atomic E-state index is 12.5. The summed E-state index contributed by atoms with van der Waals surface area (Å²) in [5.41, 5.74) is 0.791. The molecule has 0 aliphatic carbocycles. The van der Waals surface area contributed by atoms with E-state index in [1.807, 2.05) is 24.3 Å². The average Bonchev–Trinajstić information content (AvgIpc) is 2.54. The van der Waals surface area contributed by atoms with E-state index in [1.165, 1.54) is 15.8 Å². The maximum Gasteiger partial charge on any atom is 0.281 e. The minimum Gasteiger partial charge on any atom is -0.497 e. The molecule has 3 rings (SSSR count). The van der Waals surface area contributed by atoms with Crippen molar-refractivity contribution in [1.29, 1.82) is 0 Å². The lowest BCUT2D eigenvalue weighted by molar-refractivity contribution is -0.121. The molecule has 0 spiro atoms. The molecule has 0 atom stereocenters. The minimum atomic E-state index is -0.309. The highest BCUT2D eigenvalue weighted by atomic mass is 16.5. The van der Waals surface area contributed by atoms with Gasteiger partial charge >= 0.3 is 0 Å². The van der Waals surface area contributed by atoms with Gasteiger partial charge in [0, 0.05) is 7.05 Å². The molecule has 1 amide bonds. The van der Waals surface area contributed by atoms with Crippen LogP contribution in [0.1, 0.15) is 5.56 Å². The van der Waals surface area contributed by atoms with Gasteiger partial charge in [0.15, 0.2) is 12.3 Å². The van der Waals surface area contributed by atoms with Crippen LogP contribution in [0.3, 0.4) is 0 Å². The van der Waals surface area contributed by atoms with Gasteiger partial charge in [-0.15, -0.1) is 0 Å². The smallest absolute Gasteiger partial charge is 0.281 e. The molecule has 0 saturated carbocycles. The Bertz CT molecular complexity index is 767. The predicted octanol–water partition coefficient (Wildman–Crippen LogP) is 0.655. The Balaban J connectivity index is 1.95. The summed E-state index contributed by atoms with van der Waals surface area (Å²) >= 11 is 0. The maximum atomic E-state index is 12.5. The van der Waals surface area contributed by atoms with Crippen LogP contribution in [0.2, 0.25) is 0 Å². The first-order chi connectivity index (χ1) is 10.6. The van der Waals surface area contributed by atoms with Crippen molar-refractivity contribution in [2.24, 2.45) is 0 Å². The van der Waals surface area contributed by atoms with Gasteiger partial charge in [-0.05, 0) is 17.7 Å². The van der Waals surface area contributed by atoms with Crippen molar-refractivity contribution in [2.45, 2.75) is 6.54 Å². The van der Waals surface area contributed by atoms with E-state index in [4.69, 9.17) is 9.47 Å². The van der Waals surface area contributed by atoms with Crippen LogP contribution in [-0.4, -0.2) is 36.2 Å². The van der Waals surface area contributed by atoms with Gasteiger partial charge in [-0.3, -0.25) is 14.2 Å². The third-order valence-electron chi connectivity index (χ3n) is 3.53. The number of likely N-dealkylation sites (N-methyl/N-ethyl adjacent to an activating group) is 1. The summed E-state index contributed by atoms with van der Waals surface area (Å²) in [6, 6.07) is 7.39. The van der Waals surface area contributed by atoms with E-state index in [1.54, 1.807) is 14.2 Å². The Labute approximate surface area is 126 Å². The Morgan fingerprint density at radius 2 is 2.00 bits per heavy atom. The van der Waals surface area contributed by atoms with Crippen LogP contribution < -0.4 is 19.9 Å². The zero-order chi connectivity index (χ0) is 15.7. The number of carbonyl (C=O) groups is 1. The third-order valence-corrected chi connectivity index (χ3v) is 3.53. The summed E-state index contributed by atoms with van der Waals surface area (Å²) in [6.45, 7) is 0.254. The number of anilines is 1. The first-order valence-corrected chi connectivity index (χ1v) is 6.72. The number of hydrogen-bond acceptors (Lipinski definition) is 5. The number of nitrogens with zero attached hydrogens (tertiary/aromatic N) is 3. The van der Waals surface area contributed by atoms with Crippen molar-refractivity contribution in [3.05, 3.63) is 46.5 Å². The first-order valence-electron chi connectivity index (χ1n) is 6.72. The van der Waals surface area contributed by atoms with Gasteiger partial charge in [0.2, 0.25) is 5.88 Å². The van der Waals surface area contributed by atoms with Gasteiger partial charge in [0.1, 0.15) is 12.1 Å². The highest BCUT2D eigenvalue weighted by molar-refractivity contribution is 5.96. The van der Waals surface area contributed by atoms with Crippen molar-refractivity contribution >= 4 is 11.6 Å². The minimum absolute atomic E-state index is 0.0988. The molecule has 114 valence electrons. The lowest BCUT2D eigenvalue weighted by atomic mass is 10.2. The fraction of sp³-hybridized carbons (Fsp3) is 0.267. The fourth-order valence-corrected chi connectivity index (χ4v) is 2.25. The molecule has 2 heterocycles. The largest absolute Gasteiger partial charge is 0.497 e. The number of methoxy groups -OCH3 is 1. The monoisotopic (exact) mass is 301 g/mol. The molecule has 1 aliphatic heterocycles. The van der Waals surface area contributed by atoms with E-state index in [2.05, 4.69) is 4.98 Å². The Morgan fingerprint density at radius 3 is 2.68 bits per heavy atom. The Morgan fingerprint density at radius 1 is 1.27 bits per heavy atom. The summed E-state index contributed by atoms with van der Waals surface area (Å²) in [6.07, 6.45) is 1.43. The number of fused-ring (bicyclic) bond motifs is 1. The molecular formula is C15H15N3O4. The topological polar surface area (TPSA) is 73.7 Å². The zero-order valence-electron chi connectivity index (χ0n) is 12.3. The highest BCUT2D eigenvalue weighted by Crippen LogP contribution is 2.24. The molecule has 1 aliphatic rings. The van der Waals surface area contributed by atoms with Crippen molar-refractivity contribution < 1.29 is 14.3 Å². The summed E-state index contributed by atoms with van der Waals surface area (Å²) in [7, 11) is 3.14. The second kappa shape index (κ2) is 5.51. The van der Waals surface area contributed by atoms with Gasteiger partial charge < -0.3 is 14.4 Å². The van der Waals surface area contributed by atoms with Crippen LogP contribution in [0, 0.1) is 0 Å². The number of aromatic nitrogens is 2. The molecule has 0 radical (unpaired) electrons. The molecule has 2 aromatic rings. The van der Waals surface area contributed by atoms with E-state index < -0.39 is 0 Å². The van der Waals surface area contributed by atoms with E-state index in [0.29, 0.717) is 6.54 Å². The molecular weight excluding hydrogens is 286 g/mol. The van der Waals surface area contributed by atoms with E-state index in [9.17, 15) is 9.59 Å². The molecule has 0 N–H and O–H groups in total. The molecule has 0 saturated heterocycles. The van der Waals surface area contributed by atoms with Crippen LogP contribution in [0.15, 0.2) is 35.4 Å². The normalized spacial score (nSPS) is 13.5. The number of benzene rings is 1. The fourth-order valence-electron chi connectivity index (χ4n) is 2.25. The van der Waals surface area contributed by atoms with Crippen LogP contribution in [0.4, 0.5) is 5.69 Å². The lowest BCUT2D eigenvalue weighted by Gasteiger charge is -2.24. The highest BCUT2D eigenvalue weighted by Gasteiger charge is 2.27. The average molecular weight is 301 g/mol. The SMILES string of the molecule is COc1ccc(Cn2cnc3c(c2=O)N(C)C(=O)CO3)cc1. The standard InChI is InChI=1S/C15H15N3O4/c1-17-12(19)8-22-14-13(17)15(20)18(9-16-14)7-10-3-5-11(21-2)6-4-10/h3-6,9H,7-8H2,1-2H3. The number of hydrogen-bond donors (Lipinski definition) is 0. The summed E-state index contributed by atoms with van der Waals surface area (Å²) < 4.78 is 11.7. The molecule has 7 nitrogen and oxygen atoms in total. The van der Waals surface area contributed by atoms with Gasteiger partial charge in [-0.1, -0.05) is 12.1 Å². The van der Waals surface area contributed by atoms with E-state index in [0.717, 1.165) is 11.3 Å². The van der Waals surface area contributed by atoms with Crippen LogP contribution in [0.25, 0.3) is 0 Å². The van der Waals surface area contributed by atoms with Crippen molar-refractivity contribution in [3.63, 3.8) is 0 Å². The number of ether oxygens (including phenoxy) is 2. The summed E-state index contributed by atoms with van der Waals surface area (Å²) in [5.74, 6) is 0.671. The van der Waals surface area contributed by atoms with Crippen molar-refractivity contribution in [1.82, 2.24) is 9.55 Å². The van der Waals surface area contributed by atoms with Crippen molar-refractivity contribution in [2.75, 3.05) is 25.7 Å². The predicted molar refractivity (Wildman–Crippen MR) is 79.5 cm³/mol. The van der Waals surface area contributed by atoms with Gasteiger partial charge in [-0.2, -0.15) is 0 Å². The Hall–Kier alpha value is -2.83. The van der Waals surface area contributed by atoms with E-state index >= 15 is 0 Å². The van der Waals surface area contributed by atoms with Gasteiger partial charge in [0.05, 0.1) is 13.7 Å². The molecule has 0 bridgehead atoms. The van der Waals surface area contributed by atoms with E-state index in [-0.39, 0.29) is 29.6 Å². The lowest BCUT2D eigenvalue weighted by Crippen LogP contribution is -2.41. The molecule has 1 aromatic carbocycles. The van der Waals surface area contributed by atoms with Gasteiger partial charge in [-0.25, -0.2) is 4.98 Å². The third kappa shape index (κ3) is 2.41. The molecule has 1 aromatic heterocycles. The van der Waals surface area contributed by atoms with Crippen LogP contribution >= 0.6 is 0 Å². The molecule has 0 unspecified atom stereocenters. The summed E-state index contributed by atoms with van der Waals surface area (Å²) in [4.78, 5) is 29.6. The molecule has 7 heteroatoms. The second-order valence-corrected chi connectivity index (χ2v) is 4.92. The molecule has 22 heavy (non-hydrogen) atoms. The number of amides is 1. The zero-order valence-corrected chi connectivity index (χ0v) is 12.3. The number of carbonyl (C=O) groups excluding carboxylic acids is 1. The second-order valence-electron chi connectivity index (χ2n) is 4.92. The number of rotatable bonds is 3.